The summed E-state index contributed by atoms with van der Waals surface area (Å²) in [5, 5.41) is 23.1. The van der Waals surface area contributed by atoms with Crippen LogP contribution in [0.1, 0.15) is 5.56 Å². The second kappa shape index (κ2) is 8.19. The molecular formula is C14H11IN4O5. The van der Waals surface area contributed by atoms with Crippen molar-refractivity contribution in [3.8, 4) is 5.75 Å². The Labute approximate surface area is 149 Å². The number of aliphatic carboxylic acids is 1. The van der Waals surface area contributed by atoms with Crippen molar-refractivity contribution in [2.24, 2.45) is 5.10 Å². The molecule has 2 aromatic rings. The van der Waals surface area contributed by atoms with Crippen LogP contribution in [0.25, 0.3) is 0 Å². The van der Waals surface area contributed by atoms with Gasteiger partial charge in [-0.3, -0.25) is 15.5 Å². The van der Waals surface area contributed by atoms with Gasteiger partial charge in [-0.25, -0.2) is 9.78 Å². The molecule has 0 atom stereocenters. The van der Waals surface area contributed by atoms with E-state index in [1.54, 1.807) is 18.2 Å². The third-order valence-corrected chi connectivity index (χ3v) is 3.50. The van der Waals surface area contributed by atoms with Crippen molar-refractivity contribution in [1.82, 2.24) is 4.98 Å². The Bertz CT molecular complexity index is 779. The van der Waals surface area contributed by atoms with Gasteiger partial charge >= 0.3 is 5.97 Å². The monoisotopic (exact) mass is 442 g/mol. The van der Waals surface area contributed by atoms with Gasteiger partial charge in [-0.2, -0.15) is 5.10 Å². The van der Waals surface area contributed by atoms with Crippen molar-refractivity contribution in [1.29, 1.82) is 0 Å². The molecule has 0 spiro atoms. The maximum atomic E-state index is 10.5. The number of ether oxygens (including phenoxy) is 1. The number of carboxylic acids is 1. The van der Waals surface area contributed by atoms with Crippen LogP contribution in [0.3, 0.4) is 0 Å². The highest BCUT2D eigenvalue weighted by Crippen LogP contribution is 2.21. The lowest BCUT2D eigenvalue weighted by Gasteiger charge is -2.06. The Hall–Kier alpha value is -2.76. The highest BCUT2D eigenvalue weighted by molar-refractivity contribution is 14.1. The number of halogens is 1. The Morgan fingerprint density at radius 2 is 2.25 bits per heavy atom. The number of benzene rings is 1. The predicted molar refractivity (Wildman–Crippen MR) is 94.4 cm³/mol. The lowest BCUT2D eigenvalue weighted by Crippen LogP contribution is -2.10. The minimum absolute atomic E-state index is 0.101. The summed E-state index contributed by atoms with van der Waals surface area (Å²) < 4.78 is 5.87. The van der Waals surface area contributed by atoms with E-state index in [4.69, 9.17) is 9.84 Å². The Balaban J connectivity index is 1.97. The Morgan fingerprint density at radius 3 is 2.83 bits per heavy atom. The zero-order valence-corrected chi connectivity index (χ0v) is 14.2. The minimum atomic E-state index is -1.05. The van der Waals surface area contributed by atoms with Gasteiger partial charge in [-0.15, -0.1) is 0 Å². The van der Waals surface area contributed by atoms with Crippen molar-refractivity contribution >= 4 is 46.3 Å². The van der Waals surface area contributed by atoms with Crippen molar-refractivity contribution in [3.05, 3.63) is 55.8 Å². The second-order valence-corrected chi connectivity index (χ2v) is 5.56. The van der Waals surface area contributed by atoms with E-state index in [1.807, 2.05) is 22.6 Å². The van der Waals surface area contributed by atoms with Crippen LogP contribution in [-0.2, 0) is 4.79 Å². The fraction of sp³-hybridized carbons (Fsp3) is 0.0714. The van der Waals surface area contributed by atoms with Gasteiger partial charge in [0.1, 0.15) is 17.8 Å². The van der Waals surface area contributed by atoms with Crippen LogP contribution in [-0.4, -0.2) is 33.8 Å². The minimum Gasteiger partial charge on any atom is -0.481 e. The molecule has 2 rings (SSSR count). The van der Waals surface area contributed by atoms with Gasteiger partial charge in [0.2, 0.25) is 0 Å². The molecule has 0 fully saturated rings. The molecule has 10 heteroatoms. The second-order valence-electron chi connectivity index (χ2n) is 4.40. The third kappa shape index (κ3) is 5.15. The summed E-state index contributed by atoms with van der Waals surface area (Å²) in [7, 11) is 0. The molecule has 1 aromatic carbocycles. The number of nitrogens with zero attached hydrogens (tertiary/aromatic N) is 3. The molecule has 24 heavy (non-hydrogen) atoms. The van der Waals surface area contributed by atoms with E-state index in [2.05, 4.69) is 15.5 Å². The summed E-state index contributed by atoms with van der Waals surface area (Å²) in [5.41, 5.74) is 3.32. The van der Waals surface area contributed by atoms with E-state index in [0.29, 0.717) is 11.6 Å². The molecule has 1 heterocycles. The van der Waals surface area contributed by atoms with Gasteiger partial charge in [0.25, 0.3) is 5.69 Å². The summed E-state index contributed by atoms with van der Waals surface area (Å²) in [5.74, 6) is -0.204. The molecule has 0 radical (unpaired) electrons. The van der Waals surface area contributed by atoms with Gasteiger partial charge < -0.3 is 9.84 Å². The number of aromatic nitrogens is 1. The molecule has 124 valence electrons. The molecule has 0 unspecified atom stereocenters. The largest absolute Gasteiger partial charge is 0.481 e. The normalized spacial score (nSPS) is 10.5. The molecular weight excluding hydrogens is 431 g/mol. The van der Waals surface area contributed by atoms with Crippen molar-refractivity contribution in [3.63, 3.8) is 0 Å². The molecule has 0 aliphatic rings. The van der Waals surface area contributed by atoms with Crippen LogP contribution >= 0.6 is 22.6 Å². The van der Waals surface area contributed by atoms with Gasteiger partial charge in [0.15, 0.2) is 6.61 Å². The first-order valence-corrected chi connectivity index (χ1v) is 7.57. The SMILES string of the molecule is O=C(O)COc1ccc(/C=N/Nc2ccc([N+](=O)[O-])cn2)cc1I. The number of hydrazone groups is 1. The molecule has 9 nitrogen and oxygen atoms in total. The molecule has 0 saturated carbocycles. The average molecular weight is 442 g/mol. The first kappa shape index (κ1) is 17.6. The Kier molecular flexibility index (Phi) is 6.01. The van der Waals surface area contributed by atoms with Gasteiger partial charge in [0.05, 0.1) is 14.7 Å². The topological polar surface area (TPSA) is 127 Å². The highest BCUT2D eigenvalue weighted by atomic mass is 127. The van der Waals surface area contributed by atoms with Crippen LogP contribution in [0.4, 0.5) is 11.5 Å². The van der Waals surface area contributed by atoms with Crippen LogP contribution in [0.15, 0.2) is 41.6 Å². The summed E-state index contributed by atoms with van der Waals surface area (Å²) in [6.07, 6.45) is 2.67. The molecule has 0 saturated heterocycles. The number of hydrogen-bond donors (Lipinski definition) is 2. The summed E-state index contributed by atoms with van der Waals surface area (Å²) in [6, 6.07) is 7.90. The number of nitro groups is 1. The first-order chi connectivity index (χ1) is 11.5. The first-order valence-electron chi connectivity index (χ1n) is 6.49. The van der Waals surface area contributed by atoms with Crippen LogP contribution in [0.2, 0.25) is 0 Å². The number of hydrogen-bond acceptors (Lipinski definition) is 7. The standard InChI is InChI=1S/C14H11IN4O5/c15-11-5-9(1-3-12(11)24-8-14(20)21)6-17-18-13-4-2-10(7-16-13)19(22)23/h1-7H,8H2,(H,16,18)(H,20,21)/b17-6+. The third-order valence-electron chi connectivity index (χ3n) is 2.66. The predicted octanol–water partition coefficient (Wildman–Crippen LogP) is 2.50. The average Bonchev–Trinajstić information content (AvgIpc) is 2.54. The van der Waals surface area contributed by atoms with Crippen LogP contribution in [0.5, 0.6) is 5.75 Å². The zero-order chi connectivity index (χ0) is 17.5. The van der Waals surface area contributed by atoms with E-state index in [0.717, 1.165) is 15.3 Å². The number of nitrogens with one attached hydrogen (secondary N) is 1. The number of anilines is 1. The van der Waals surface area contributed by atoms with E-state index >= 15 is 0 Å². The number of carbonyl (C=O) groups is 1. The fourth-order valence-corrected chi connectivity index (χ4v) is 2.28. The molecule has 0 amide bonds. The molecule has 0 bridgehead atoms. The smallest absolute Gasteiger partial charge is 0.341 e. The highest BCUT2D eigenvalue weighted by Gasteiger charge is 2.05. The summed E-state index contributed by atoms with van der Waals surface area (Å²) in [6.45, 7) is -0.406. The number of carboxylic acid groups (broad SMARTS) is 1. The van der Waals surface area contributed by atoms with E-state index in [9.17, 15) is 14.9 Å². The van der Waals surface area contributed by atoms with E-state index in [1.165, 1.54) is 18.3 Å². The van der Waals surface area contributed by atoms with Gasteiger partial charge in [-0.05, 0) is 52.4 Å². The number of rotatable bonds is 7. The van der Waals surface area contributed by atoms with E-state index < -0.39 is 17.5 Å². The van der Waals surface area contributed by atoms with Crippen LogP contribution < -0.4 is 10.2 Å². The maximum Gasteiger partial charge on any atom is 0.341 e. The van der Waals surface area contributed by atoms with Crippen molar-refractivity contribution in [2.75, 3.05) is 12.0 Å². The fourth-order valence-electron chi connectivity index (χ4n) is 1.59. The summed E-state index contributed by atoms with van der Waals surface area (Å²) >= 11 is 2.03. The Morgan fingerprint density at radius 1 is 1.46 bits per heavy atom. The molecule has 0 aliphatic carbocycles. The van der Waals surface area contributed by atoms with Gasteiger partial charge in [-0.1, -0.05) is 0 Å². The maximum absolute atomic E-state index is 10.5. The molecule has 0 aliphatic heterocycles. The van der Waals surface area contributed by atoms with Crippen molar-refractivity contribution in [2.45, 2.75) is 0 Å². The lowest BCUT2D eigenvalue weighted by atomic mass is 10.2. The summed E-state index contributed by atoms with van der Waals surface area (Å²) in [4.78, 5) is 24.3. The zero-order valence-electron chi connectivity index (χ0n) is 12.0. The molecule has 1 aromatic heterocycles. The molecule has 2 N–H and O–H groups in total. The number of pyridine rings is 1. The quantitative estimate of drug-likeness (QED) is 0.292. The van der Waals surface area contributed by atoms with E-state index in [-0.39, 0.29) is 5.69 Å². The van der Waals surface area contributed by atoms with Crippen molar-refractivity contribution < 1.29 is 19.6 Å². The van der Waals surface area contributed by atoms with Crippen LogP contribution in [0, 0.1) is 13.7 Å². The lowest BCUT2D eigenvalue weighted by molar-refractivity contribution is -0.385. The van der Waals surface area contributed by atoms with Gasteiger partial charge in [0, 0.05) is 6.07 Å².